The van der Waals surface area contributed by atoms with Crippen LogP contribution in [0.5, 0.6) is 0 Å². The fraction of sp³-hybridized carbons (Fsp3) is 0.662. The summed E-state index contributed by atoms with van der Waals surface area (Å²) in [6.45, 7) is 12.2. The first kappa shape index (κ1) is 86.4. The fourth-order valence-corrected chi connectivity index (χ4v) is 11.3. The van der Waals surface area contributed by atoms with Gasteiger partial charge in [0.25, 0.3) is 0 Å². The number of carboxylic acid groups (broad SMARTS) is 1. The summed E-state index contributed by atoms with van der Waals surface area (Å²) >= 11 is 4.26. The Bertz CT molecular complexity index is 3160. The molecule has 12 atom stereocenters. The predicted molar refractivity (Wildman–Crippen MR) is 381 cm³/mol. The molecule has 11 amide bonds. The molecule has 101 heavy (non-hydrogen) atoms. The van der Waals surface area contributed by atoms with Crippen molar-refractivity contribution in [3.05, 3.63) is 36.0 Å². The highest BCUT2D eigenvalue weighted by Crippen LogP contribution is 2.23. The van der Waals surface area contributed by atoms with Crippen molar-refractivity contribution in [3.8, 4) is 0 Å². The Labute approximate surface area is 594 Å². The predicted octanol–water partition coefficient (Wildman–Crippen LogP) is -4.48. The Morgan fingerprint density at radius 3 is 1.50 bits per heavy atom. The van der Waals surface area contributed by atoms with Gasteiger partial charge in [0.2, 0.25) is 65.0 Å². The van der Waals surface area contributed by atoms with Crippen LogP contribution in [0.15, 0.2) is 40.4 Å². The maximum atomic E-state index is 14.8. The Kier molecular flexibility index (Phi) is 37.4. The number of carboxylic acids is 1. The average molecular weight is 1440 g/mol. The molecular formula is C65H110N20O15S. The van der Waals surface area contributed by atoms with Gasteiger partial charge in [-0.25, -0.2) is 4.79 Å². The van der Waals surface area contributed by atoms with Crippen LogP contribution in [0.2, 0.25) is 0 Å². The van der Waals surface area contributed by atoms with Gasteiger partial charge in [0.05, 0.1) is 19.3 Å². The second-order valence-corrected chi connectivity index (χ2v) is 27.0. The number of likely N-dealkylation sites (tertiary alicyclic amines) is 1. The van der Waals surface area contributed by atoms with E-state index in [2.05, 4.69) is 80.8 Å². The lowest BCUT2D eigenvalue weighted by atomic mass is 9.99. The first-order valence-corrected chi connectivity index (χ1v) is 34.8. The van der Waals surface area contributed by atoms with Crippen LogP contribution >= 0.6 is 12.6 Å². The minimum atomic E-state index is -1.81. The van der Waals surface area contributed by atoms with E-state index >= 15 is 0 Å². The van der Waals surface area contributed by atoms with Crippen molar-refractivity contribution in [2.24, 2.45) is 68.1 Å². The van der Waals surface area contributed by atoms with Gasteiger partial charge in [-0.15, -0.1) is 0 Å². The molecule has 1 saturated heterocycles. The van der Waals surface area contributed by atoms with Crippen LogP contribution in [0.3, 0.4) is 0 Å². The second-order valence-electron chi connectivity index (χ2n) is 26.6. The molecule has 0 spiro atoms. The number of aromatic amines is 1. The molecule has 2 heterocycles. The number of carbonyl (C=O) groups is 12. The molecule has 0 radical (unpaired) electrons. The molecule has 566 valence electrons. The summed E-state index contributed by atoms with van der Waals surface area (Å²) in [6, 6.07) is -9.34. The number of hydrogen-bond donors (Lipinski definition) is 21. The summed E-state index contributed by atoms with van der Waals surface area (Å²) in [6.07, 6.45) is 2.69. The van der Waals surface area contributed by atoms with Gasteiger partial charge < -0.3 is 113 Å². The molecule has 1 aliphatic rings. The number of nitrogens with two attached hydrogens (primary N) is 6. The number of fused-ring (bicyclic) bond motifs is 1. The van der Waals surface area contributed by atoms with Crippen LogP contribution in [-0.2, 0) is 64.0 Å². The van der Waals surface area contributed by atoms with Gasteiger partial charge in [0.1, 0.15) is 66.5 Å². The number of aliphatic hydroxyl groups is 2. The molecule has 0 unspecified atom stereocenters. The molecule has 0 aliphatic carbocycles. The SMILES string of the molecule is CC(C)C[C@H](NC(=O)[C@H](N)C(C)C)C(=O)N[C@@H](CCCN=C(N)N)C(=O)N[C@@H](Cc1c[nH]c2ccccc12)C(=O)N[C@@H](CO)C(=O)N[C@@H](CCCN=C(N)N)C(=O)N[C@@H](CCCCN)C(=O)N[C@@H](CC(C)C)C(=O)N1CCC[C@H]1C(=O)N[C@@H](CS)C(=O)N[C@H](C(=O)N[C@@H](CO)C(=O)O)C(C)C. The highest BCUT2D eigenvalue weighted by molar-refractivity contribution is 7.80. The Hall–Kier alpha value is -8.87. The van der Waals surface area contributed by atoms with Crippen molar-refractivity contribution in [2.75, 3.05) is 45.1 Å². The van der Waals surface area contributed by atoms with E-state index in [0.29, 0.717) is 29.3 Å². The molecular weight excluding hydrogens is 1330 g/mol. The van der Waals surface area contributed by atoms with E-state index in [9.17, 15) is 72.9 Å². The van der Waals surface area contributed by atoms with Gasteiger partial charge in [-0.05, 0) is 112 Å². The Morgan fingerprint density at radius 2 is 1.01 bits per heavy atom. The van der Waals surface area contributed by atoms with Gasteiger partial charge in [-0.1, -0.05) is 73.6 Å². The minimum absolute atomic E-state index is 0.0311. The van der Waals surface area contributed by atoms with Gasteiger partial charge in [0, 0.05) is 48.9 Å². The van der Waals surface area contributed by atoms with Gasteiger partial charge in [0.15, 0.2) is 11.9 Å². The highest BCUT2D eigenvalue weighted by atomic mass is 32.1. The number of thiol groups is 1. The van der Waals surface area contributed by atoms with Gasteiger partial charge in [-0.3, -0.25) is 62.7 Å². The van der Waals surface area contributed by atoms with Crippen molar-refractivity contribution >= 4 is 106 Å². The third-order valence-corrected chi connectivity index (χ3v) is 17.0. The molecule has 3 rings (SSSR count). The quantitative estimate of drug-likeness (QED) is 0.0129. The summed E-state index contributed by atoms with van der Waals surface area (Å²) < 4.78 is 0. The number of carbonyl (C=O) groups excluding carboxylic acids is 11. The van der Waals surface area contributed by atoms with Crippen molar-refractivity contribution in [1.82, 2.24) is 63.1 Å². The third-order valence-electron chi connectivity index (χ3n) is 16.7. The van der Waals surface area contributed by atoms with Gasteiger partial charge >= 0.3 is 5.97 Å². The molecule has 0 bridgehead atoms. The first-order chi connectivity index (χ1) is 47.7. The van der Waals surface area contributed by atoms with Crippen LogP contribution < -0.4 is 87.6 Å². The second kappa shape index (κ2) is 43.7. The molecule has 1 aromatic carbocycles. The normalized spacial score (nSPS) is 16.2. The molecule has 36 heteroatoms. The number of amides is 11. The molecule has 1 aliphatic heterocycles. The minimum Gasteiger partial charge on any atom is -0.480 e. The van der Waals surface area contributed by atoms with E-state index in [1.807, 2.05) is 13.8 Å². The third kappa shape index (κ3) is 29.0. The van der Waals surface area contributed by atoms with Crippen LogP contribution in [0.4, 0.5) is 0 Å². The van der Waals surface area contributed by atoms with Crippen molar-refractivity contribution < 1.29 is 72.9 Å². The average Bonchev–Trinajstić information content (AvgIpc) is 1.74. The number of guanidine groups is 2. The molecule has 0 saturated carbocycles. The molecule has 26 N–H and O–H groups in total. The van der Waals surface area contributed by atoms with Gasteiger partial charge in [-0.2, -0.15) is 12.6 Å². The lowest BCUT2D eigenvalue weighted by Gasteiger charge is -2.32. The maximum absolute atomic E-state index is 14.8. The first-order valence-electron chi connectivity index (χ1n) is 34.2. The number of nitrogens with one attached hydrogen (secondary N) is 11. The number of H-pyrrole nitrogens is 1. The zero-order valence-electron chi connectivity index (χ0n) is 59.1. The lowest BCUT2D eigenvalue weighted by Crippen LogP contribution is -2.61. The van der Waals surface area contributed by atoms with Crippen LogP contribution in [0, 0.1) is 23.7 Å². The van der Waals surface area contributed by atoms with Crippen LogP contribution in [0.1, 0.15) is 132 Å². The number of para-hydroxylation sites is 1. The van der Waals surface area contributed by atoms with Crippen molar-refractivity contribution in [2.45, 2.75) is 205 Å². The number of aliphatic hydroxyl groups excluding tert-OH is 2. The number of benzene rings is 1. The maximum Gasteiger partial charge on any atom is 0.328 e. The van der Waals surface area contributed by atoms with Crippen LogP contribution in [-0.4, -0.2) is 226 Å². The van der Waals surface area contributed by atoms with E-state index in [1.54, 1.807) is 72.0 Å². The molecule has 2 aromatic rings. The summed E-state index contributed by atoms with van der Waals surface area (Å²) in [5.74, 6) is -12.7. The summed E-state index contributed by atoms with van der Waals surface area (Å²) in [5, 5.41) is 56.3. The summed E-state index contributed by atoms with van der Waals surface area (Å²) in [7, 11) is 0. The van der Waals surface area contributed by atoms with E-state index in [4.69, 9.17) is 34.4 Å². The monoisotopic (exact) mass is 1440 g/mol. The summed E-state index contributed by atoms with van der Waals surface area (Å²) in [4.78, 5) is 180. The molecule has 35 nitrogen and oxygen atoms in total. The number of unbranched alkanes of at least 4 members (excludes halogenated alkanes) is 1. The number of nitrogens with zero attached hydrogens (tertiary/aromatic N) is 3. The number of aromatic nitrogens is 1. The number of aliphatic imine (C=N–C) groups is 2. The van der Waals surface area contributed by atoms with E-state index in [-0.39, 0.29) is 126 Å². The Balaban J connectivity index is 1.98. The number of aliphatic carboxylic acids is 1. The summed E-state index contributed by atoms with van der Waals surface area (Å²) in [5.41, 5.74) is 35.6. The largest absolute Gasteiger partial charge is 0.480 e. The number of rotatable bonds is 45. The van der Waals surface area contributed by atoms with Crippen molar-refractivity contribution in [1.29, 1.82) is 0 Å². The number of hydrogen-bond acceptors (Lipinski definition) is 19. The standard InChI is InChI=1S/C65H110N20O15S/c1-33(2)26-43(79-60(96)50(67)35(5)6)55(91)76-42(20-14-24-73-65(70)71)53(89)78-44(28-37-29-74-39-17-10-9-16-38(37)39)56(92)81-46(30-86)57(93)77-41(19-13-23-72-64(68)69)52(88)75-40(18-11-12-22-66)54(90)80-45(27-34(3)4)62(98)85-25-15-21-49(85)59(95)83-48(32-101)58(94)84-51(36(7)8)61(97)82-47(31-87)63(99)100/h9-10,16-17,29,33-36,40-51,74,86-87,101H,11-15,18-28,30-32,66-67H2,1-8H3,(H,75,88)(H,76,91)(H,77,93)(H,78,89)(H,79,96)(H,80,90)(H,81,92)(H,82,97)(H,83,95)(H,84,94)(H,99,100)(H4,68,69,72)(H4,70,71,73)/t40-,41-,42-,43-,44-,45-,46-,47-,48-,49-,50+,51-/m0/s1. The Morgan fingerprint density at radius 1 is 0.554 bits per heavy atom. The fourth-order valence-electron chi connectivity index (χ4n) is 11.0. The molecule has 1 fully saturated rings. The van der Waals surface area contributed by atoms with E-state index in [1.165, 1.54) is 4.90 Å². The van der Waals surface area contributed by atoms with Crippen molar-refractivity contribution in [3.63, 3.8) is 0 Å². The topological polar surface area (TPSA) is 586 Å². The molecule has 1 aromatic heterocycles. The smallest absolute Gasteiger partial charge is 0.328 e. The zero-order chi connectivity index (χ0) is 75.8. The van der Waals surface area contributed by atoms with Crippen LogP contribution in [0.25, 0.3) is 10.9 Å². The van der Waals surface area contributed by atoms with E-state index in [0.717, 1.165) is 0 Å². The lowest BCUT2D eigenvalue weighted by molar-refractivity contribution is -0.144. The highest BCUT2D eigenvalue weighted by Gasteiger charge is 2.41. The zero-order valence-corrected chi connectivity index (χ0v) is 59.9. The van der Waals surface area contributed by atoms with E-state index < -0.39 is 163 Å².